The number of thiol groups is 1. The van der Waals surface area contributed by atoms with Crippen molar-refractivity contribution in [3.63, 3.8) is 0 Å². The van der Waals surface area contributed by atoms with Gasteiger partial charge in [0.1, 0.15) is 23.0 Å². The SMILES string of the molecule is COc1cc(C[SH](C)(O)=NC#N)cc(Nc2ncc(F)c(-c3ccc(F)cc3OC)n2)c1. The Bertz CT molecular complexity index is 1240. The molecule has 2 N–H and O–H groups in total. The van der Waals surface area contributed by atoms with Gasteiger partial charge in [0.2, 0.25) is 12.1 Å². The molecule has 3 aromatic rings. The fourth-order valence-electron chi connectivity index (χ4n) is 3.03. The molecule has 3 rings (SSSR count). The van der Waals surface area contributed by atoms with E-state index >= 15 is 0 Å². The molecule has 0 aliphatic rings. The number of anilines is 2. The van der Waals surface area contributed by atoms with Gasteiger partial charge in [-0.25, -0.2) is 18.7 Å². The molecule has 0 fully saturated rings. The van der Waals surface area contributed by atoms with E-state index in [0.717, 1.165) is 12.3 Å². The van der Waals surface area contributed by atoms with Crippen LogP contribution in [0.25, 0.3) is 11.3 Å². The zero-order valence-corrected chi connectivity index (χ0v) is 18.4. The average Bonchev–Trinajstić information content (AvgIpc) is 2.74. The Hall–Kier alpha value is -3.62. The Morgan fingerprint density at radius 3 is 2.66 bits per heavy atom. The lowest BCUT2D eigenvalue weighted by molar-refractivity contribution is 0.412. The smallest absolute Gasteiger partial charge is 0.227 e. The first-order valence-corrected chi connectivity index (χ1v) is 11.6. The Morgan fingerprint density at radius 1 is 1.19 bits per heavy atom. The van der Waals surface area contributed by atoms with Crippen LogP contribution >= 0.6 is 0 Å². The maximum Gasteiger partial charge on any atom is 0.227 e. The third kappa shape index (κ3) is 5.54. The van der Waals surface area contributed by atoms with Crippen LogP contribution in [0.2, 0.25) is 0 Å². The Labute approximate surface area is 184 Å². The molecule has 0 saturated heterocycles. The highest BCUT2D eigenvalue weighted by Crippen LogP contribution is 2.32. The number of hydrogen-bond acceptors (Lipinski definition) is 7. The molecule has 11 heteroatoms. The van der Waals surface area contributed by atoms with Crippen LogP contribution in [0.15, 0.2) is 47.0 Å². The van der Waals surface area contributed by atoms with Gasteiger partial charge in [0.05, 0.1) is 20.4 Å². The number of nitrogens with zero attached hydrogens (tertiary/aromatic N) is 4. The van der Waals surface area contributed by atoms with Crippen LogP contribution in [0.4, 0.5) is 20.4 Å². The predicted octanol–water partition coefficient (Wildman–Crippen LogP) is 4.34. The number of methoxy groups -OCH3 is 2. The average molecular weight is 461 g/mol. The second-order valence-corrected chi connectivity index (χ2v) is 9.57. The first kappa shape index (κ1) is 23.1. The normalized spacial score (nSPS) is 11.4. The van der Waals surface area contributed by atoms with E-state index < -0.39 is 21.7 Å². The van der Waals surface area contributed by atoms with Gasteiger partial charge in [-0.15, -0.1) is 4.36 Å². The summed E-state index contributed by atoms with van der Waals surface area (Å²) in [6, 6.07) is 8.80. The molecule has 0 aliphatic carbocycles. The van der Waals surface area contributed by atoms with E-state index in [1.165, 1.54) is 32.6 Å². The topological polar surface area (TPSA) is 113 Å². The van der Waals surface area contributed by atoms with Crippen LogP contribution in [0.5, 0.6) is 11.5 Å². The van der Waals surface area contributed by atoms with Gasteiger partial charge in [0, 0.05) is 29.1 Å². The molecule has 0 saturated carbocycles. The quantitative estimate of drug-likeness (QED) is 0.354. The molecule has 8 nitrogen and oxygen atoms in total. The van der Waals surface area contributed by atoms with Gasteiger partial charge in [0.25, 0.3) is 0 Å². The Morgan fingerprint density at radius 2 is 1.97 bits per heavy atom. The number of aromatic nitrogens is 2. The third-order valence-corrected chi connectivity index (χ3v) is 5.85. The van der Waals surface area contributed by atoms with Gasteiger partial charge in [-0.05, 0) is 36.1 Å². The van der Waals surface area contributed by atoms with Gasteiger partial charge in [-0.1, -0.05) is 10.1 Å². The fourth-order valence-corrected chi connectivity index (χ4v) is 4.16. The lowest BCUT2D eigenvalue weighted by Gasteiger charge is -2.17. The van der Waals surface area contributed by atoms with Gasteiger partial charge in [0.15, 0.2) is 5.82 Å². The molecular weight excluding hydrogens is 440 g/mol. The lowest BCUT2D eigenvalue weighted by atomic mass is 10.1. The molecule has 0 amide bonds. The van der Waals surface area contributed by atoms with Crippen LogP contribution in [-0.2, 0) is 15.9 Å². The monoisotopic (exact) mass is 461 g/mol. The van der Waals surface area contributed by atoms with Crippen LogP contribution in [-0.4, -0.2) is 35.0 Å². The molecule has 0 atom stereocenters. The molecule has 168 valence electrons. The van der Waals surface area contributed by atoms with Crippen molar-refractivity contribution in [2.24, 2.45) is 4.36 Å². The summed E-state index contributed by atoms with van der Waals surface area (Å²) in [5, 5.41) is 11.7. The third-order valence-electron chi connectivity index (χ3n) is 4.36. The van der Waals surface area contributed by atoms with Crippen molar-refractivity contribution >= 4 is 21.7 Å². The minimum atomic E-state index is -2.81. The Kier molecular flexibility index (Phi) is 6.97. The zero-order valence-electron chi connectivity index (χ0n) is 17.5. The highest BCUT2D eigenvalue weighted by atomic mass is 32.3. The van der Waals surface area contributed by atoms with Crippen molar-refractivity contribution in [2.45, 2.75) is 5.75 Å². The summed E-state index contributed by atoms with van der Waals surface area (Å²) in [5.41, 5.74) is 1.39. The van der Waals surface area contributed by atoms with Crippen molar-refractivity contribution in [1.82, 2.24) is 9.97 Å². The molecule has 0 radical (unpaired) electrons. The van der Waals surface area contributed by atoms with E-state index in [4.69, 9.17) is 14.7 Å². The first-order valence-electron chi connectivity index (χ1n) is 9.25. The number of ether oxygens (including phenoxy) is 2. The summed E-state index contributed by atoms with van der Waals surface area (Å²) in [4.78, 5) is 8.19. The van der Waals surface area contributed by atoms with E-state index in [0.29, 0.717) is 17.0 Å². The standard InChI is InChI=1S/C21H21F2N5O3S/c1-30-16-7-13(11-32(3,29)26-12-24)6-15(9-16)27-21-25-10-18(23)20(28-21)17-5-4-14(22)8-19(17)31-2/h4-10,32H,11H2,1-3H3,(H,26,29)(H,25,27,28). The maximum atomic E-state index is 14.5. The predicted molar refractivity (Wildman–Crippen MR) is 119 cm³/mol. The van der Waals surface area contributed by atoms with E-state index in [1.54, 1.807) is 24.4 Å². The van der Waals surface area contributed by atoms with Crippen LogP contribution < -0.4 is 14.8 Å². The largest absolute Gasteiger partial charge is 0.497 e. The number of rotatable bonds is 7. The van der Waals surface area contributed by atoms with Gasteiger partial charge < -0.3 is 19.3 Å². The highest BCUT2D eigenvalue weighted by molar-refractivity contribution is 7.98. The Balaban J connectivity index is 1.98. The summed E-state index contributed by atoms with van der Waals surface area (Å²) in [6.07, 6.45) is 4.16. The minimum absolute atomic E-state index is 0.0656. The molecule has 0 aliphatic heterocycles. The zero-order chi connectivity index (χ0) is 23.3. The summed E-state index contributed by atoms with van der Waals surface area (Å²) in [5.74, 6) is -0.367. The van der Waals surface area contributed by atoms with Crippen molar-refractivity contribution in [2.75, 3.05) is 25.8 Å². The summed E-state index contributed by atoms with van der Waals surface area (Å²) in [7, 11) is 0.0314. The van der Waals surface area contributed by atoms with Crippen LogP contribution in [0.1, 0.15) is 5.56 Å². The summed E-state index contributed by atoms with van der Waals surface area (Å²) < 4.78 is 52.4. The number of benzene rings is 2. The van der Waals surface area contributed by atoms with Gasteiger partial charge in [-0.2, -0.15) is 5.26 Å². The number of nitriles is 1. The van der Waals surface area contributed by atoms with E-state index in [2.05, 4.69) is 19.6 Å². The number of hydrogen-bond donors (Lipinski definition) is 3. The number of nitrogens with one attached hydrogen (secondary N) is 1. The van der Waals surface area contributed by atoms with Crippen LogP contribution in [0.3, 0.4) is 0 Å². The van der Waals surface area contributed by atoms with Crippen molar-refractivity contribution in [1.29, 1.82) is 5.26 Å². The van der Waals surface area contributed by atoms with Crippen molar-refractivity contribution in [3.8, 4) is 28.9 Å². The van der Waals surface area contributed by atoms with E-state index in [1.807, 2.05) is 0 Å². The lowest BCUT2D eigenvalue weighted by Crippen LogP contribution is -2.10. The number of halogens is 2. The van der Waals surface area contributed by atoms with Crippen LogP contribution in [0, 0.1) is 23.1 Å². The van der Waals surface area contributed by atoms with Gasteiger partial charge in [-0.3, -0.25) is 0 Å². The first-order chi connectivity index (χ1) is 15.2. The van der Waals surface area contributed by atoms with Crippen molar-refractivity contribution in [3.05, 3.63) is 59.8 Å². The minimum Gasteiger partial charge on any atom is -0.497 e. The second-order valence-electron chi connectivity index (χ2n) is 6.88. The molecule has 0 bridgehead atoms. The molecule has 1 heterocycles. The second kappa shape index (κ2) is 9.67. The summed E-state index contributed by atoms with van der Waals surface area (Å²) >= 11 is 0. The van der Waals surface area contributed by atoms with Gasteiger partial charge >= 0.3 is 0 Å². The fraction of sp³-hybridized carbons (Fsp3) is 0.190. The molecule has 32 heavy (non-hydrogen) atoms. The van der Waals surface area contributed by atoms with E-state index in [-0.39, 0.29) is 28.7 Å². The maximum absolute atomic E-state index is 14.5. The van der Waals surface area contributed by atoms with E-state index in [9.17, 15) is 13.3 Å². The van der Waals surface area contributed by atoms with Crippen molar-refractivity contribution < 1.29 is 22.8 Å². The molecule has 0 spiro atoms. The molecule has 1 aromatic heterocycles. The summed E-state index contributed by atoms with van der Waals surface area (Å²) in [6.45, 7) is 0. The molecular formula is C21H21F2N5O3S. The molecule has 0 unspecified atom stereocenters. The highest BCUT2D eigenvalue weighted by Gasteiger charge is 2.16. The molecule has 2 aromatic carbocycles.